The normalized spacial score (nSPS) is 11.4. The van der Waals surface area contributed by atoms with Crippen molar-refractivity contribution in [1.29, 1.82) is 0 Å². The van der Waals surface area contributed by atoms with Gasteiger partial charge < -0.3 is 5.11 Å². The number of carboxylic acid groups (broad SMARTS) is 1. The fourth-order valence-electron chi connectivity index (χ4n) is 1.95. The van der Waals surface area contributed by atoms with Gasteiger partial charge in [0.2, 0.25) is 10.0 Å². The summed E-state index contributed by atoms with van der Waals surface area (Å²) >= 11 is 0. The third-order valence-corrected chi connectivity index (χ3v) is 3.99. The maximum Gasteiger partial charge on any atom is 0.305 e. The molecule has 0 amide bonds. The van der Waals surface area contributed by atoms with E-state index in [9.17, 15) is 13.2 Å². The van der Waals surface area contributed by atoms with Crippen molar-refractivity contribution in [2.75, 3.05) is 17.1 Å². The highest BCUT2D eigenvalue weighted by molar-refractivity contribution is 7.92. The van der Waals surface area contributed by atoms with Crippen LogP contribution in [0, 0.1) is 0 Å². The number of pyridine rings is 1. The van der Waals surface area contributed by atoms with Gasteiger partial charge in [-0.05, 0) is 12.1 Å². The van der Waals surface area contributed by atoms with E-state index < -0.39 is 16.0 Å². The molecule has 1 N–H and O–H groups in total. The Bertz CT molecular complexity index is 738. The zero-order valence-corrected chi connectivity index (χ0v) is 11.7. The molecule has 1 heterocycles. The molecule has 6 nitrogen and oxygen atoms in total. The number of nitrogens with zero attached hydrogens (tertiary/aromatic N) is 2. The van der Waals surface area contributed by atoms with Crippen molar-refractivity contribution < 1.29 is 18.3 Å². The summed E-state index contributed by atoms with van der Waals surface area (Å²) in [5.74, 6) is -1.05. The molecule has 0 atom stereocenters. The van der Waals surface area contributed by atoms with E-state index in [4.69, 9.17) is 5.11 Å². The molecule has 1 aromatic carbocycles. The third kappa shape index (κ3) is 3.05. The molecule has 106 valence electrons. The molecule has 0 aliphatic rings. The third-order valence-electron chi connectivity index (χ3n) is 2.81. The minimum Gasteiger partial charge on any atom is -0.481 e. The summed E-state index contributed by atoms with van der Waals surface area (Å²) < 4.78 is 24.9. The van der Waals surface area contributed by atoms with Gasteiger partial charge in [0, 0.05) is 18.1 Å². The second kappa shape index (κ2) is 5.46. The predicted molar refractivity (Wildman–Crippen MR) is 76.2 cm³/mol. The van der Waals surface area contributed by atoms with Crippen molar-refractivity contribution in [3.8, 4) is 0 Å². The molecular weight excluding hydrogens is 280 g/mol. The Morgan fingerprint density at radius 2 is 2.00 bits per heavy atom. The van der Waals surface area contributed by atoms with Crippen LogP contribution < -0.4 is 4.31 Å². The Labute approximate surface area is 116 Å². The van der Waals surface area contributed by atoms with Crippen molar-refractivity contribution in [3.05, 3.63) is 36.5 Å². The molecule has 0 unspecified atom stereocenters. The van der Waals surface area contributed by atoms with Gasteiger partial charge in [0.15, 0.2) is 0 Å². The zero-order chi connectivity index (χ0) is 14.8. The number of aromatic nitrogens is 1. The lowest BCUT2D eigenvalue weighted by Gasteiger charge is -2.22. The minimum absolute atomic E-state index is 0.121. The van der Waals surface area contributed by atoms with Gasteiger partial charge in [-0.1, -0.05) is 18.2 Å². The number of carboxylic acids is 1. The molecule has 2 aromatic rings. The van der Waals surface area contributed by atoms with Gasteiger partial charge in [-0.2, -0.15) is 0 Å². The fraction of sp³-hybridized carbons (Fsp3) is 0.231. The lowest BCUT2D eigenvalue weighted by molar-refractivity contribution is -0.136. The van der Waals surface area contributed by atoms with E-state index in [0.717, 1.165) is 15.9 Å². The standard InChI is InChI=1S/C13H14N2O4S/c1-20(18,19)15(9-7-12(16)17)11-6-2-4-10-5-3-8-14-13(10)11/h2-6,8H,7,9H2,1H3,(H,16,17). The summed E-state index contributed by atoms with van der Waals surface area (Å²) in [5.41, 5.74) is 0.928. The first-order valence-corrected chi connectivity index (χ1v) is 7.77. The highest BCUT2D eigenvalue weighted by Gasteiger charge is 2.20. The van der Waals surface area contributed by atoms with Crippen LogP contribution in [-0.2, 0) is 14.8 Å². The van der Waals surface area contributed by atoms with Crippen LogP contribution in [0.25, 0.3) is 10.9 Å². The summed E-state index contributed by atoms with van der Waals surface area (Å²) in [7, 11) is -3.58. The molecule has 0 saturated heterocycles. The molecule has 0 saturated carbocycles. The van der Waals surface area contributed by atoms with Crippen LogP contribution in [0.5, 0.6) is 0 Å². The van der Waals surface area contributed by atoms with Crippen molar-refractivity contribution in [1.82, 2.24) is 4.98 Å². The van der Waals surface area contributed by atoms with E-state index in [0.29, 0.717) is 11.2 Å². The van der Waals surface area contributed by atoms with Crippen LogP contribution in [0.1, 0.15) is 6.42 Å². The van der Waals surface area contributed by atoms with Crippen molar-refractivity contribution in [2.24, 2.45) is 0 Å². The van der Waals surface area contributed by atoms with Crippen LogP contribution in [-0.4, -0.2) is 37.3 Å². The highest BCUT2D eigenvalue weighted by atomic mass is 32.2. The number of rotatable bonds is 5. The number of para-hydroxylation sites is 1. The van der Waals surface area contributed by atoms with E-state index in [-0.39, 0.29) is 13.0 Å². The maximum atomic E-state index is 11.9. The van der Waals surface area contributed by atoms with Crippen LogP contribution in [0.15, 0.2) is 36.5 Å². The lowest BCUT2D eigenvalue weighted by atomic mass is 10.2. The van der Waals surface area contributed by atoms with Crippen LogP contribution in [0.3, 0.4) is 0 Å². The lowest BCUT2D eigenvalue weighted by Crippen LogP contribution is -2.32. The molecule has 0 fully saturated rings. The predicted octanol–water partition coefficient (Wildman–Crippen LogP) is 1.48. The molecule has 1 aromatic heterocycles. The average molecular weight is 294 g/mol. The molecule has 0 aliphatic carbocycles. The Balaban J connectivity index is 2.54. The maximum absolute atomic E-state index is 11.9. The summed E-state index contributed by atoms with van der Waals surface area (Å²) in [6.07, 6.45) is 2.36. The molecule has 7 heteroatoms. The van der Waals surface area contributed by atoms with E-state index in [1.165, 1.54) is 0 Å². The van der Waals surface area contributed by atoms with Gasteiger partial charge >= 0.3 is 5.97 Å². The Morgan fingerprint density at radius 1 is 1.30 bits per heavy atom. The molecular formula is C13H14N2O4S. The largest absolute Gasteiger partial charge is 0.481 e. The van der Waals surface area contributed by atoms with Gasteiger partial charge in [0.1, 0.15) is 0 Å². The molecule has 0 radical (unpaired) electrons. The summed E-state index contributed by atoms with van der Waals surface area (Å²) in [4.78, 5) is 14.9. The summed E-state index contributed by atoms with van der Waals surface area (Å²) in [6, 6.07) is 8.75. The topological polar surface area (TPSA) is 87.6 Å². The molecule has 0 bridgehead atoms. The first kappa shape index (κ1) is 14.3. The van der Waals surface area contributed by atoms with Crippen molar-refractivity contribution in [3.63, 3.8) is 0 Å². The number of hydrogen-bond acceptors (Lipinski definition) is 4. The first-order chi connectivity index (χ1) is 9.39. The second-order valence-electron chi connectivity index (χ2n) is 4.33. The smallest absolute Gasteiger partial charge is 0.305 e. The second-order valence-corrected chi connectivity index (χ2v) is 6.24. The van der Waals surface area contributed by atoms with E-state index in [1.807, 2.05) is 12.1 Å². The Hall–Kier alpha value is -2.15. The molecule has 2 rings (SSSR count). The quantitative estimate of drug-likeness (QED) is 0.902. The molecule has 0 spiro atoms. The monoisotopic (exact) mass is 294 g/mol. The number of fused-ring (bicyclic) bond motifs is 1. The van der Waals surface area contributed by atoms with Crippen molar-refractivity contribution in [2.45, 2.75) is 6.42 Å². The Morgan fingerprint density at radius 3 is 2.65 bits per heavy atom. The number of benzene rings is 1. The molecule has 20 heavy (non-hydrogen) atoms. The average Bonchev–Trinajstić information content (AvgIpc) is 2.37. The summed E-state index contributed by atoms with van der Waals surface area (Å²) in [6.45, 7) is -0.121. The number of anilines is 1. The number of carbonyl (C=O) groups is 1. The SMILES string of the molecule is CS(=O)(=O)N(CCC(=O)O)c1cccc2cccnc12. The van der Waals surface area contributed by atoms with Gasteiger partial charge in [0.05, 0.1) is 23.9 Å². The first-order valence-electron chi connectivity index (χ1n) is 5.93. The minimum atomic E-state index is -3.58. The van der Waals surface area contributed by atoms with Gasteiger partial charge in [0.25, 0.3) is 0 Å². The number of aliphatic carboxylic acids is 1. The van der Waals surface area contributed by atoms with Crippen LogP contribution in [0.4, 0.5) is 5.69 Å². The zero-order valence-electron chi connectivity index (χ0n) is 10.9. The van der Waals surface area contributed by atoms with E-state index in [2.05, 4.69) is 4.98 Å². The Kier molecular flexibility index (Phi) is 3.89. The van der Waals surface area contributed by atoms with E-state index >= 15 is 0 Å². The number of sulfonamides is 1. The number of hydrogen-bond donors (Lipinski definition) is 1. The fourth-order valence-corrected chi connectivity index (χ4v) is 2.88. The van der Waals surface area contributed by atoms with Crippen LogP contribution >= 0.6 is 0 Å². The summed E-state index contributed by atoms with van der Waals surface area (Å²) in [5, 5.41) is 9.55. The highest BCUT2D eigenvalue weighted by Crippen LogP contribution is 2.26. The van der Waals surface area contributed by atoms with Gasteiger partial charge in [-0.15, -0.1) is 0 Å². The van der Waals surface area contributed by atoms with Crippen molar-refractivity contribution >= 4 is 32.6 Å². The van der Waals surface area contributed by atoms with Crippen LogP contribution in [0.2, 0.25) is 0 Å². The van der Waals surface area contributed by atoms with Gasteiger partial charge in [-0.3, -0.25) is 14.1 Å². The van der Waals surface area contributed by atoms with E-state index in [1.54, 1.807) is 24.4 Å². The molecule has 0 aliphatic heterocycles. The van der Waals surface area contributed by atoms with Gasteiger partial charge in [-0.25, -0.2) is 8.42 Å².